The average molecular weight is 288 g/mol. The van der Waals surface area contributed by atoms with Crippen LogP contribution in [0.2, 0.25) is 0 Å². The van der Waals surface area contributed by atoms with Gasteiger partial charge in [0, 0.05) is 32.4 Å². The van der Waals surface area contributed by atoms with E-state index >= 15 is 0 Å². The molecule has 0 aliphatic rings. The average Bonchev–Trinajstić information content (AvgIpc) is 2.28. The molecule has 1 aromatic heterocycles. The smallest absolute Gasteiger partial charge is 0.311 e. The molecule has 1 heterocycles. The normalized spacial score (nSPS) is 11.6. The lowest BCUT2D eigenvalue weighted by Crippen LogP contribution is -2.28. The highest BCUT2D eigenvalue weighted by Gasteiger charge is 2.17. The second-order valence-corrected chi connectivity index (χ2v) is 6.41. The molecule has 0 fully saturated rings. The first kappa shape index (κ1) is 15.3. The summed E-state index contributed by atoms with van der Waals surface area (Å²) in [5.74, 6) is -0.0776. The summed E-state index contributed by atoms with van der Waals surface area (Å²) in [6, 6.07) is 2.87. The standard InChI is InChI=1S/C10H16N4O4S/c1-8-4-5-9(14(15)16)10(12-8)11-6-7-19(17,18)13(2)3/h4-5H,6-7H2,1-3H3,(H,11,12). The van der Waals surface area contributed by atoms with Gasteiger partial charge >= 0.3 is 5.69 Å². The van der Waals surface area contributed by atoms with E-state index in [1.165, 1.54) is 26.2 Å². The van der Waals surface area contributed by atoms with Gasteiger partial charge in [-0.15, -0.1) is 0 Å². The van der Waals surface area contributed by atoms with Crippen LogP contribution in [0.3, 0.4) is 0 Å². The molecule has 0 aliphatic carbocycles. The van der Waals surface area contributed by atoms with Gasteiger partial charge in [0.2, 0.25) is 15.8 Å². The van der Waals surface area contributed by atoms with E-state index in [9.17, 15) is 18.5 Å². The van der Waals surface area contributed by atoms with Crippen molar-refractivity contribution in [2.75, 3.05) is 31.7 Å². The maximum Gasteiger partial charge on any atom is 0.311 e. The molecule has 1 aromatic rings. The Morgan fingerprint density at radius 1 is 1.42 bits per heavy atom. The quantitative estimate of drug-likeness (QED) is 0.607. The summed E-state index contributed by atoms with van der Waals surface area (Å²) in [4.78, 5) is 14.2. The summed E-state index contributed by atoms with van der Waals surface area (Å²) in [6.45, 7) is 1.75. The topological polar surface area (TPSA) is 105 Å². The Hall–Kier alpha value is -1.74. The fourth-order valence-corrected chi connectivity index (χ4v) is 2.03. The third-order valence-electron chi connectivity index (χ3n) is 2.42. The molecule has 19 heavy (non-hydrogen) atoms. The van der Waals surface area contributed by atoms with Gasteiger partial charge in [-0.05, 0) is 13.0 Å². The van der Waals surface area contributed by atoms with Gasteiger partial charge in [-0.3, -0.25) is 10.1 Å². The second kappa shape index (κ2) is 5.93. The van der Waals surface area contributed by atoms with Crippen LogP contribution in [0.5, 0.6) is 0 Å². The number of nitrogens with one attached hydrogen (secondary N) is 1. The van der Waals surface area contributed by atoms with E-state index in [2.05, 4.69) is 10.3 Å². The number of sulfonamides is 1. The molecule has 1 rings (SSSR count). The summed E-state index contributed by atoms with van der Waals surface area (Å²) in [7, 11) is -0.472. The first-order valence-corrected chi connectivity index (χ1v) is 7.11. The van der Waals surface area contributed by atoms with E-state index in [4.69, 9.17) is 0 Å². The minimum Gasteiger partial charge on any atom is -0.363 e. The monoisotopic (exact) mass is 288 g/mol. The van der Waals surface area contributed by atoms with Crippen molar-refractivity contribution >= 4 is 21.5 Å². The Kier molecular flexibility index (Phi) is 4.78. The van der Waals surface area contributed by atoms with Crippen molar-refractivity contribution in [3.8, 4) is 0 Å². The summed E-state index contributed by atoms with van der Waals surface area (Å²) in [5.41, 5.74) is 0.441. The Labute approximate surface area is 111 Å². The van der Waals surface area contributed by atoms with E-state index in [0.29, 0.717) is 5.69 Å². The molecule has 0 saturated carbocycles. The second-order valence-electron chi connectivity index (χ2n) is 4.10. The predicted octanol–water partition coefficient (Wildman–Crippen LogP) is 0.602. The van der Waals surface area contributed by atoms with Crippen molar-refractivity contribution in [2.24, 2.45) is 0 Å². The zero-order chi connectivity index (χ0) is 14.6. The van der Waals surface area contributed by atoms with Crippen LogP contribution in [0.15, 0.2) is 12.1 Å². The highest BCUT2D eigenvalue weighted by Crippen LogP contribution is 2.21. The molecule has 0 aromatic carbocycles. The molecule has 106 valence electrons. The number of nitrogens with zero attached hydrogens (tertiary/aromatic N) is 3. The zero-order valence-electron chi connectivity index (χ0n) is 11.0. The SMILES string of the molecule is Cc1ccc([N+](=O)[O-])c(NCCS(=O)(=O)N(C)C)n1. The first-order valence-electron chi connectivity index (χ1n) is 5.50. The molecule has 0 bridgehead atoms. The molecule has 0 spiro atoms. The van der Waals surface area contributed by atoms with Gasteiger partial charge in [-0.25, -0.2) is 17.7 Å². The minimum absolute atomic E-state index is 0.0534. The van der Waals surface area contributed by atoms with Crippen LogP contribution >= 0.6 is 0 Å². The van der Waals surface area contributed by atoms with Gasteiger partial charge in [0.25, 0.3) is 0 Å². The van der Waals surface area contributed by atoms with Gasteiger partial charge in [-0.2, -0.15) is 0 Å². The third-order valence-corrected chi connectivity index (χ3v) is 4.25. The van der Waals surface area contributed by atoms with E-state index in [1.54, 1.807) is 6.92 Å². The molecule has 0 amide bonds. The van der Waals surface area contributed by atoms with Crippen LogP contribution in [0.25, 0.3) is 0 Å². The lowest BCUT2D eigenvalue weighted by molar-refractivity contribution is -0.384. The summed E-state index contributed by atoms with van der Waals surface area (Å²) in [6.07, 6.45) is 0. The van der Waals surface area contributed by atoms with E-state index < -0.39 is 14.9 Å². The van der Waals surface area contributed by atoms with Crippen molar-refractivity contribution in [1.29, 1.82) is 0 Å². The van der Waals surface area contributed by atoms with Gasteiger partial charge in [0.05, 0.1) is 10.7 Å². The number of hydrogen-bond acceptors (Lipinski definition) is 6. The number of pyridine rings is 1. The Bertz CT molecular complexity index is 571. The van der Waals surface area contributed by atoms with Gasteiger partial charge in [0.1, 0.15) is 0 Å². The fraction of sp³-hybridized carbons (Fsp3) is 0.500. The van der Waals surface area contributed by atoms with Crippen LogP contribution in [-0.4, -0.2) is 49.0 Å². The van der Waals surface area contributed by atoms with Crippen LogP contribution < -0.4 is 5.32 Å². The molecule has 0 atom stereocenters. The van der Waals surface area contributed by atoms with Gasteiger partial charge in [-0.1, -0.05) is 0 Å². The number of aromatic nitrogens is 1. The molecule has 9 heteroatoms. The summed E-state index contributed by atoms with van der Waals surface area (Å²) < 4.78 is 24.2. The van der Waals surface area contributed by atoms with Crippen LogP contribution in [0, 0.1) is 17.0 Å². The molecule has 0 aliphatic heterocycles. The first-order chi connectivity index (χ1) is 8.74. The van der Waals surface area contributed by atoms with Crippen molar-refractivity contribution < 1.29 is 13.3 Å². The van der Waals surface area contributed by atoms with Crippen LogP contribution in [0.1, 0.15) is 5.69 Å². The van der Waals surface area contributed by atoms with Crippen molar-refractivity contribution in [1.82, 2.24) is 9.29 Å². The molecular weight excluding hydrogens is 272 g/mol. The Morgan fingerprint density at radius 3 is 2.58 bits per heavy atom. The highest BCUT2D eigenvalue weighted by molar-refractivity contribution is 7.89. The Morgan fingerprint density at radius 2 is 2.05 bits per heavy atom. The van der Waals surface area contributed by atoms with Crippen molar-refractivity contribution in [3.05, 3.63) is 27.9 Å². The number of rotatable bonds is 6. The minimum atomic E-state index is -3.34. The lowest BCUT2D eigenvalue weighted by Gasteiger charge is -2.12. The maximum absolute atomic E-state index is 11.5. The summed E-state index contributed by atoms with van der Waals surface area (Å²) >= 11 is 0. The Balaban J connectivity index is 2.78. The van der Waals surface area contributed by atoms with Crippen LogP contribution in [-0.2, 0) is 10.0 Å². The zero-order valence-corrected chi connectivity index (χ0v) is 11.8. The largest absolute Gasteiger partial charge is 0.363 e. The fourth-order valence-electron chi connectivity index (χ4n) is 1.31. The number of anilines is 1. The van der Waals surface area contributed by atoms with E-state index in [0.717, 1.165) is 4.31 Å². The predicted molar refractivity (Wildman–Crippen MR) is 71.6 cm³/mol. The molecule has 0 saturated heterocycles. The molecule has 0 radical (unpaired) electrons. The lowest BCUT2D eigenvalue weighted by atomic mass is 10.3. The van der Waals surface area contributed by atoms with Crippen molar-refractivity contribution in [3.63, 3.8) is 0 Å². The number of hydrogen-bond donors (Lipinski definition) is 1. The highest BCUT2D eigenvalue weighted by atomic mass is 32.2. The molecule has 0 unspecified atom stereocenters. The van der Waals surface area contributed by atoms with E-state index in [-0.39, 0.29) is 23.8 Å². The number of nitro groups is 1. The molecular formula is C10H16N4O4S. The summed E-state index contributed by atoms with van der Waals surface area (Å²) in [5, 5.41) is 13.5. The van der Waals surface area contributed by atoms with Crippen molar-refractivity contribution in [2.45, 2.75) is 6.92 Å². The van der Waals surface area contributed by atoms with Gasteiger partial charge in [0.15, 0.2) is 0 Å². The maximum atomic E-state index is 11.5. The number of aryl methyl sites for hydroxylation is 1. The van der Waals surface area contributed by atoms with Gasteiger partial charge < -0.3 is 5.32 Å². The van der Waals surface area contributed by atoms with Crippen LogP contribution in [0.4, 0.5) is 11.5 Å². The third kappa shape index (κ3) is 4.14. The molecule has 8 nitrogen and oxygen atoms in total. The van der Waals surface area contributed by atoms with E-state index in [1.807, 2.05) is 0 Å². The molecule has 1 N–H and O–H groups in total.